The first-order valence-electron chi connectivity index (χ1n) is 6.12. The first-order chi connectivity index (χ1) is 9.45. The lowest BCUT2D eigenvalue weighted by Crippen LogP contribution is -2.14. The number of aromatic nitrogens is 2. The number of alkyl halides is 3. The van der Waals surface area contributed by atoms with Crippen LogP contribution < -0.4 is 10.1 Å². The van der Waals surface area contributed by atoms with Crippen molar-refractivity contribution in [3.8, 4) is 5.75 Å². The van der Waals surface area contributed by atoms with Crippen LogP contribution in [0.2, 0.25) is 0 Å². The minimum absolute atomic E-state index is 0.187. The topological polar surface area (TPSA) is 47.0 Å². The summed E-state index contributed by atoms with van der Waals surface area (Å²) in [4.78, 5) is 7.14. The second-order valence-corrected chi connectivity index (χ2v) is 4.20. The summed E-state index contributed by atoms with van der Waals surface area (Å²) in [6, 6.07) is 4.77. The van der Waals surface area contributed by atoms with Crippen LogP contribution in [-0.4, -0.2) is 23.6 Å². The Labute approximate surface area is 114 Å². The minimum Gasteiger partial charge on any atom is -0.497 e. The third-order valence-corrected chi connectivity index (χ3v) is 2.70. The van der Waals surface area contributed by atoms with Gasteiger partial charge >= 0.3 is 6.18 Å². The molecule has 7 heteroatoms. The van der Waals surface area contributed by atoms with E-state index in [0.29, 0.717) is 17.7 Å². The van der Waals surface area contributed by atoms with E-state index in [4.69, 9.17) is 4.74 Å². The fourth-order valence-electron chi connectivity index (χ4n) is 1.74. The van der Waals surface area contributed by atoms with E-state index >= 15 is 0 Å². The Balaban J connectivity index is 2.61. The van der Waals surface area contributed by atoms with E-state index in [1.54, 1.807) is 12.1 Å². The van der Waals surface area contributed by atoms with Crippen molar-refractivity contribution in [2.75, 3.05) is 19.0 Å². The van der Waals surface area contributed by atoms with Gasteiger partial charge in [-0.1, -0.05) is 6.92 Å². The number of rotatable bonds is 4. The first kappa shape index (κ1) is 14.4. The summed E-state index contributed by atoms with van der Waals surface area (Å²) in [5.41, 5.74) is 0.199. The van der Waals surface area contributed by atoms with Crippen LogP contribution in [0.25, 0.3) is 10.9 Å². The quantitative estimate of drug-likeness (QED) is 0.934. The van der Waals surface area contributed by atoms with Crippen molar-refractivity contribution in [1.82, 2.24) is 9.97 Å². The number of hydrogen-bond donors (Lipinski definition) is 1. The summed E-state index contributed by atoms with van der Waals surface area (Å²) < 4.78 is 43.5. The van der Waals surface area contributed by atoms with Crippen molar-refractivity contribution in [1.29, 1.82) is 0 Å². The lowest BCUT2D eigenvalue weighted by Gasteiger charge is -2.12. The number of methoxy groups -OCH3 is 1. The highest BCUT2D eigenvalue weighted by Gasteiger charge is 2.35. The summed E-state index contributed by atoms with van der Waals surface area (Å²) in [7, 11) is 1.45. The van der Waals surface area contributed by atoms with Crippen LogP contribution in [0.3, 0.4) is 0 Å². The maximum atomic E-state index is 12.8. The molecule has 0 saturated carbocycles. The first-order valence-corrected chi connectivity index (χ1v) is 6.12. The lowest BCUT2D eigenvalue weighted by atomic mass is 10.2. The van der Waals surface area contributed by atoms with Crippen LogP contribution in [0.1, 0.15) is 19.2 Å². The summed E-state index contributed by atoms with van der Waals surface area (Å²) in [6.07, 6.45) is -3.80. The standard InChI is InChI=1S/C13H14F3N3O/c1-3-6-17-11-9-5-4-8(20-2)7-10(9)18-12(19-11)13(14,15)16/h4-5,7H,3,6H2,1-2H3,(H,17,18,19). The third kappa shape index (κ3) is 2.92. The van der Waals surface area contributed by atoms with Crippen LogP contribution >= 0.6 is 0 Å². The van der Waals surface area contributed by atoms with Crippen LogP contribution in [-0.2, 0) is 6.18 Å². The summed E-state index contributed by atoms with van der Waals surface area (Å²) >= 11 is 0. The van der Waals surface area contributed by atoms with E-state index in [0.717, 1.165) is 6.42 Å². The number of fused-ring (bicyclic) bond motifs is 1. The van der Waals surface area contributed by atoms with Gasteiger partial charge < -0.3 is 10.1 Å². The van der Waals surface area contributed by atoms with Gasteiger partial charge in [-0.3, -0.25) is 0 Å². The molecule has 0 atom stereocenters. The van der Waals surface area contributed by atoms with Crippen molar-refractivity contribution in [3.63, 3.8) is 0 Å². The van der Waals surface area contributed by atoms with Crippen LogP contribution in [0.5, 0.6) is 5.75 Å². The smallest absolute Gasteiger partial charge is 0.451 e. The maximum Gasteiger partial charge on any atom is 0.451 e. The van der Waals surface area contributed by atoms with Gasteiger partial charge in [0.25, 0.3) is 0 Å². The van der Waals surface area contributed by atoms with Gasteiger partial charge in [-0.05, 0) is 18.6 Å². The molecule has 0 unspecified atom stereocenters. The van der Waals surface area contributed by atoms with E-state index in [9.17, 15) is 13.2 Å². The molecule has 2 aromatic rings. The van der Waals surface area contributed by atoms with Crippen molar-refractivity contribution >= 4 is 16.7 Å². The van der Waals surface area contributed by atoms with Crippen molar-refractivity contribution < 1.29 is 17.9 Å². The molecule has 0 aliphatic heterocycles. The summed E-state index contributed by atoms with van der Waals surface area (Å²) in [6.45, 7) is 2.46. The molecule has 108 valence electrons. The zero-order valence-corrected chi connectivity index (χ0v) is 11.1. The molecule has 1 aromatic heterocycles. The largest absolute Gasteiger partial charge is 0.497 e. The zero-order chi connectivity index (χ0) is 14.8. The highest BCUT2D eigenvalue weighted by Crippen LogP contribution is 2.31. The molecule has 1 heterocycles. The fourth-order valence-corrected chi connectivity index (χ4v) is 1.74. The Kier molecular flexibility index (Phi) is 3.96. The van der Waals surface area contributed by atoms with Crippen LogP contribution in [0.15, 0.2) is 18.2 Å². The minimum atomic E-state index is -4.58. The molecule has 2 rings (SSSR count). The highest BCUT2D eigenvalue weighted by molar-refractivity contribution is 5.90. The average Bonchev–Trinajstić information content (AvgIpc) is 2.42. The van der Waals surface area contributed by atoms with Gasteiger partial charge in [-0.15, -0.1) is 0 Å². The average molecular weight is 285 g/mol. The fraction of sp³-hybridized carbons (Fsp3) is 0.385. The molecular weight excluding hydrogens is 271 g/mol. The van der Waals surface area contributed by atoms with E-state index in [1.165, 1.54) is 13.2 Å². The molecule has 0 fully saturated rings. The second-order valence-electron chi connectivity index (χ2n) is 4.20. The lowest BCUT2D eigenvalue weighted by molar-refractivity contribution is -0.144. The van der Waals surface area contributed by atoms with E-state index in [-0.39, 0.29) is 11.3 Å². The number of nitrogens with one attached hydrogen (secondary N) is 1. The second kappa shape index (κ2) is 5.52. The molecule has 0 bridgehead atoms. The number of nitrogens with zero attached hydrogens (tertiary/aromatic N) is 2. The predicted octanol–water partition coefficient (Wildman–Crippen LogP) is 3.48. The number of halogens is 3. The summed E-state index contributed by atoms with van der Waals surface area (Å²) in [5, 5.41) is 3.43. The molecule has 0 aliphatic rings. The zero-order valence-electron chi connectivity index (χ0n) is 11.1. The van der Waals surface area contributed by atoms with Crippen LogP contribution in [0, 0.1) is 0 Å². The molecule has 1 aromatic carbocycles. The third-order valence-electron chi connectivity index (χ3n) is 2.70. The maximum absolute atomic E-state index is 12.8. The molecular formula is C13H14F3N3O. The van der Waals surface area contributed by atoms with Gasteiger partial charge in [0.2, 0.25) is 5.82 Å². The number of anilines is 1. The van der Waals surface area contributed by atoms with E-state index in [2.05, 4.69) is 15.3 Å². The van der Waals surface area contributed by atoms with E-state index in [1.807, 2.05) is 6.92 Å². The summed E-state index contributed by atoms with van der Waals surface area (Å²) in [5.74, 6) is -0.519. The molecule has 0 saturated heterocycles. The molecule has 1 N–H and O–H groups in total. The van der Waals surface area contributed by atoms with Gasteiger partial charge in [-0.2, -0.15) is 13.2 Å². The Hall–Kier alpha value is -2.05. The van der Waals surface area contributed by atoms with Gasteiger partial charge in [0, 0.05) is 18.0 Å². The number of benzene rings is 1. The molecule has 0 aliphatic carbocycles. The Bertz CT molecular complexity index is 614. The van der Waals surface area contributed by atoms with E-state index < -0.39 is 12.0 Å². The van der Waals surface area contributed by atoms with Gasteiger partial charge in [0.1, 0.15) is 11.6 Å². The SMILES string of the molecule is CCCNc1nc(C(F)(F)F)nc2cc(OC)ccc12. The predicted molar refractivity (Wildman–Crippen MR) is 69.9 cm³/mol. The molecule has 4 nitrogen and oxygen atoms in total. The normalized spacial score (nSPS) is 11.7. The monoisotopic (exact) mass is 285 g/mol. The number of ether oxygens (including phenoxy) is 1. The van der Waals surface area contributed by atoms with Crippen LogP contribution in [0.4, 0.5) is 19.0 Å². The Morgan fingerprint density at radius 3 is 2.60 bits per heavy atom. The molecule has 0 amide bonds. The Morgan fingerprint density at radius 2 is 2.00 bits per heavy atom. The Morgan fingerprint density at radius 1 is 1.25 bits per heavy atom. The number of hydrogen-bond acceptors (Lipinski definition) is 4. The van der Waals surface area contributed by atoms with Gasteiger partial charge in [0.05, 0.1) is 12.6 Å². The molecule has 20 heavy (non-hydrogen) atoms. The van der Waals surface area contributed by atoms with Crippen molar-refractivity contribution in [2.24, 2.45) is 0 Å². The molecule has 0 spiro atoms. The molecule has 0 radical (unpaired) electrons. The highest BCUT2D eigenvalue weighted by atomic mass is 19.4. The van der Waals surface area contributed by atoms with Crippen molar-refractivity contribution in [2.45, 2.75) is 19.5 Å². The van der Waals surface area contributed by atoms with Crippen molar-refractivity contribution in [3.05, 3.63) is 24.0 Å². The van der Waals surface area contributed by atoms with Gasteiger partial charge in [0.15, 0.2) is 0 Å². The van der Waals surface area contributed by atoms with Gasteiger partial charge in [-0.25, -0.2) is 9.97 Å².